The molecule has 1 aliphatic heterocycles. The third-order valence-electron chi connectivity index (χ3n) is 3.33. The van der Waals surface area contributed by atoms with Crippen molar-refractivity contribution in [2.45, 2.75) is 46.1 Å². The number of nitrogens with one attached hydrogen (secondary N) is 2. The normalized spacial score (nSPS) is 19.9. The van der Waals surface area contributed by atoms with Gasteiger partial charge in [0.05, 0.1) is 5.92 Å². The molecule has 1 saturated heterocycles. The summed E-state index contributed by atoms with van der Waals surface area (Å²) in [5.41, 5.74) is -0.200. The van der Waals surface area contributed by atoms with Crippen LogP contribution in [0.2, 0.25) is 0 Å². The Morgan fingerprint density at radius 1 is 1.32 bits per heavy atom. The smallest absolute Gasteiger partial charge is 0.225 e. The van der Waals surface area contributed by atoms with E-state index in [1.807, 2.05) is 20.8 Å². The van der Waals surface area contributed by atoms with E-state index in [9.17, 15) is 9.59 Å². The monoisotopic (exact) mass is 269 g/mol. The van der Waals surface area contributed by atoms with E-state index in [0.29, 0.717) is 19.5 Å². The minimum Gasteiger partial charge on any atom is -0.355 e. The number of carbonyl (C=O) groups is 2. The second kappa shape index (κ2) is 6.89. The van der Waals surface area contributed by atoms with E-state index in [1.165, 1.54) is 0 Å². The molecule has 5 heteroatoms. The first-order chi connectivity index (χ1) is 8.86. The van der Waals surface area contributed by atoms with Crippen molar-refractivity contribution >= 4 is 11.8 Å². The fraction of sp³-hybridized carbons (Fsp3) is 0.857. The van der Waals surface area contributed by atoms with Crippen LogP contribution in [-0.2, 0) is 9.59 Å². The Kier molecular flexibility index (Phi) is 5.79. The predicted molar refractivity (Wildman–Crippen MR) is 75.7 cm³/mol. The van der Waals surface area contributed by atoms with Gasteiger partial charge in [0, 0.05) is 31.6 Å². The highest BCUT2D eigenvalue weighted by molar-refractivity contribution is 5.89. The Balaban J connectivity index is 2.33. The van der Waals surface area contributed by atoms with Crippen molar-refractivity contribution in [2.75, 3.05) is 26.2 Å². The lowest BCUT2D eigenvalue weighted by Gasteiger charge is -2.31. The van der Waals surface area contributed by atoms with Crippen molar-refractivity contribution in [1.29, 1.82) is 0 Å². The first-order valence-electron chi connectivity index (χ1n) is 7.15. The third kappa shape index (κ3) is 4.82. The molecule has 0 saturated carbocycles. The molecular formula is C14H27N3O2. The molecule has 0 aromatic carbocycles. The highest BCUT2D eigenvalue weighted by Gasteiger charge is 2.39. The lowest BCUT2D eigenvalue weighted by molar-refractivity contribution is -0.132. The first kappa shape index (κ1) is 16.0. The van der Waals surface area contributed by atoms with Crippen molar-refractivity contribution in [1.82, 2.24) is 15.5 Å². The van der Waals surface area contributed by atoms with E-state index in [1.54, 1.807) is 4.90 Å². The van der Waals surface area contributed by atoms with Gasteiger partial charge in [-0.15, -0.1) is 0 Å². The van der Waals surface area contributed by atoms with Crippen LogP contribution < -0.4 is 10.6 Å². The number of carbonyl (C=O) groups excluding carboxylic acids is 2. The van der Waals surface area contributed by atoms with E-state index in [0.717, 1.165) is 19.5 Å². The van der Waals surface area contributed by atoms with Crippen LogP contribution in [0.1, 0.15) is 40.5 Å². The largest absolute Gasteiger partial charge is 0.355 e. The van der Waals surface area contributed by atoms with Crippen LogP contribution in [0.4, 0.5) is 0 Å². The van der Waals surface area contributed by atoms with Crippen molar-refractivity contribution in [3.05, 3.63) is 0 Å². The molecule has 0 radical (unpaired) electrons. The van der Waals surface area contributed by atoms with Gasteiger partial charge in [0.1, 0.15) is 0 Å². The maximum atomic E-state index is 12.0. The van der Waals surface area contributed by atoms with Crippen molar-refractivity contribution in [2.24, 2.45) is 5.92 Å². The van der Waals surface area contributed by atoms with E-state index in [4.69, 9.17) is 0 Å². The first-order valence-corrected chi connectivity index (χ1v) is 7.15. The average Bonchev–Trinajstić information content (AvgIpc) is 2.70. The average molecular weight is 269 g/mol. The molecule has 19 heavy (non-hydrogen) atoms. The van der Waals surface area contributed by atoms with Gasteiger partial charge in [-0.25, -0.2) is 0 Å². The van der Waals surface area contributed by atoms with E-state index >= 15 is 0 Å². The van der Waals surface area contributed by atoms with Gasteiger partial charge in [-0.2, -0.15) is 0 Å². The molecule has 2 N–H and O–H groups in total. The molecular weight excluding hydrogens is 242 g/mol. The van der Waals surface area contributed by atoms with Crippen molar-refractivity contribution < 1.29 is 9.59 Å². The number of hydrogen-bond acceptors (Lipinski definition) is 3. The Morgan fingerprint density at radius 2 is 2.00 bits per heavy atom. The van der Waals surface area contributed by atoms with Gasteiger partial charge in [-0.1, -0.05) is 6.92 Å². The fourth-order valence-corrected chi connectivity index (χ4v) is 2.25. The van der Waals surface area contributed by atoms with E-state index < -0.39 is 0 Å². The molecule has 1 unspecified atom stereocenters. The van der Waals surface area contributed by atoms with E-state index in [-0.39, 0.29) is 23.3 Å². The molecule has 1 heterocycles. The quantitative estimate of drug-likeness (QED) is 0.700. The molecule has 0 aromatic rings. The van der Waals surface area contributed by atoms with Crippen LogP contribution in [-0.4, -0.2) is 48.4 Å². The summed E-state index contributed by atoms with van der Waals surface area (Å²) < 4.78 is 0. The molecule has 2 amide bonds. The summed E-state index contributed by atoms with van der Waals surface area (Å²) in [5.74, 6) is -0.118. The summed E-state index contributed by atoms with van der Waals surface area (Å²) in [4.78, 5) is 25.7. The second-order valence-electron chi connectivity index (χ2n) is 6.12. The summed E-state index contributed by atoms with van der Waals surface area (Å²) >= 11 is 0. The summed E-state index contributed by atoms with van der Waals surface area (Å²) in [6.07, 6.45) is 1.43. The molecule has 0 bridgehead atoms. The lowest BCUT2D eigenvalue weighted by atomic mass is 10.1. The van der Waals surface area contributed by atoms with Crippen LogP contribution in [0.3, 0.4) is 0 Å². The highest BCUT2D eigenvalue weighted by atomic mass is 16.2. The van der Waals surface area contributed by atoms with Crippen LogP contribution in [0.15, 0.2) is 0 Å². The van der Waals surface area contributed by atoms with Crippen LogP contribution in [0, 0.1) is 5.92 Å². The molecule has 1 rings (SSSR count). The van der Waals surface area contributed by atoms with Gasteiger partial charge in [-0.05, 0) is 33.7 Å². The van der Waals surface area contributed by atoms with Gasteiger partial charge in [0.15, 0.2) is 0 Å². The molecule has 1 fully saturated rings. The van der Waals surface area contributed by atoms with Crippen molar-refractivity contribution in [3.8, 4) is 0 Å². The molecule has 110 valence electrons. The number of likely N-dealkylation sites (tertiary alicyclic amines) is 1. The van der Waals surface area contributed by atoms with Gasteiger partial charge >= 0.3 is 0 Å². The zero-order valence-electron chi connectivity index (χ0n) is 12.6. The predicted octanol–water partition coefficient (Wildman–Crippen LogP) is 0.749. The maximum Gasteiger partial charge on any atom is 0.225 e. The Labute approximate surface area is 116 Å². The minimum atomic E-state index is -0.200. The number of amides is 2. The minimum absolute atomic E-state index is 0.00148. The van der Waals surface area contributed by atoms with Gasteiger partial charge in [-0.3, -0.25) is 9.59 Å². The summed E-state index contributed by atoms with van der Waals surface area (Å²) in [7, 11) is 0. The lowest BCUT2D eigenvalue weighted by Crippen LogP contribution is -2.43. The number of hydrogen-bond donors (Lipinski definition) is 2. The summed E-state index contributed by atoms with van der Waals surface area (Å²) in [6.45, 7) is 11.0. The van der Waals surface area contributed by atoms with Crippen LogP contribution in [0.5, 0.6) is 0 Å². The highest BCUT2D eigenvalue weighted by Crippen LogP contribution is 2.25. The fourth-order valence-electron chi connectivity index (χ4n) is 2.25. The SMILES string of the molecule is CCCNCCNC(=O)C1CC(=O)N(C(C)(C)C)C1. The molecule has 0 aliphatic carbocycles. The van der Waals surface area contributed by atoms with E-state index in [2.05, 4.69) is 17.6 Å². The zero-order chi connectivity index (χ0) is 14.5. The Hall–Kier alpha value is -1.10. The summed E-state index contributed by atoms with van der Waals surface area (Å²) in [6, 6.07) is 0. The van der Waals surface area contributed by atoms with Gasteiger partial charge in [0.2, 0.25) is 11.8 Å². The molecule has 0 spiro atoms. The number of rotatable bonds is 6. The maximum absolute atomic E-state index is 12.0. The van der Waals surface area contributed by atoms with Crippen LogP contribution in [0.25, 0.3) is 0 Å². The van der Waals surface area contributed by atoms with Crippen LogP contribution >= 0.6 is 0 Å². The third-order valence-corrected chi connectivity index (χ3v) is 3.33. The van der Waals surface area contributed by atoms with Gasteiger partial charge < -0.3 is 15.5 Å². The number of nitrogens with zero attached hydrogens (tertiary/aromatic N) is 1. The molecule has 1 atom stereocenters. The molecule has 5 nitrogen and oxygen atoms in total. The second-order valence-corrected chi connectivity index (χ2v) is 6.12. The Morgan fingerprint density at radius 3 is 2.53 bits per heavy atom. The Bertz CT molecular complexity index is 323. The zero-order valence-corrected chi connectivity index (χ0v) is 12.6. The summed E-state index contributed by atoms with van der Waals surface area (Å²) in [5, 5.41) is 6.13. The molecule has 1 aliphatic rings. The van der Waals surface area contributed by atoms with Gasteiger partial charge in [0.25, 0.3) is 0 Å². The van der Waals surface area contributed by atoms with Crippen molar-refractivity contribution in [3.63, 3.8) is 0 Å². The topological polar surface area (TPSA) is 61.4 Å². The standard InChI is InChI=1S/C14H27N3O2/c1-5-6-15-7-8-16-13(19)11-9-12(18)17(10-11)14(2,3)4/h11,15H,5-10H2,1-4H3,(H,16,19). The molecule has 0 aromatic heterocycles.